The molecule has 3 heteroatoms. The molecule has 0 bridgehead atoms. The van der Waals surface area contributed by atoms with Gasteiger partial charge in [0.15, 0.2) is 0 Å². The largest absolute Gasteiger partial charge is 0.455 e. The third kappa shape index (κ3) is 3.52. The Hall–Kier alpha value is -5.38. The van der Waals surface area contributed by atoms with E-state index in [1.165, 1.54) is 53.2 Å². The number of para-hydroxylation sites is 1. The van der Waals surface area contributed by atoms with Crippen LogP contribution in [-0.4, -0.2) is 0 Å². The zero-order valence-electron chi connectivity index (χ0n) is 25.5. The first-order valence-electron chi connectivity index (χ1n) is 15.9. The van der Waals surface area contributed by atoms with Gasteiger partial charge in [0.05, 0.1) is 0 Å². The summed E-state index contributed by atoms with van der Waals surface area (Å²) in [4.78, 5) is 2.39. The predicted octanol–water partition coefficient (Wildman–Crippen LogP) is 12.9. The van der Waals surface area contributed by atoms with Crippen LogP contribution in [-0.2, 0) is 5.41 Å². The topological polar surface area (TPSA) is 16.4 Å². The third-order valence-corrected chi connectivity index (χ3v) is 11.2. The van der Waals surface area contributed by atoms with Crippen LogP contribution >= 0.6 is 11.3 Å². The lowest BCUT2D eigenvalue weighted by Gasteiger charge is -2.27. The van der Waals surface area contributed by atoms with Crippen molar-refractivity contribution < 1.29 is 4.42 Å². The zero-order chi connectivity index (χ0) is 30.6. The van der Waals surface area contributed by atoms with Gasteiger partial charge in [-0.1, -0.05) is 92.7 Å². The minimum absolute atomic E-state index is 0.0280. The maximum Gasteiger partial charge on any atom is 0.144 e. The first-order valence-corrected chi connectivity index (χ1v) is 16.7. The highest BCUT2D eigenvalue weighted by molar-refractivity contribution is 7.26. The van der Waals surface area contributed by atoms with E-state index >= 15 is 0 Å². The fourth-order valence-electron chi connectivity index (χ4n) is 7.82. The van der Waals surface area contributed by atoms with Gasteiger partial charge in [-0.05, 0) is 88.3 Å². The van der Waals surface area contributed by atoms with E-state index in [4.69, 9.17) is 4.42 Å². The quantitative estimate of drug-likeness (QED) is 0.199. The van der Waals surface area contributed by atoms with E-state index < -0.39 is 0 Å². The summed E-state index contributed by atoms with van der Waals surface area (Å²) < 4.78 is 9.31. The van der Waals surface area contributed by atoms with E-state index in [0.29, 0.717) is 0 Å². The van der Waals surface area contributed by atoms with Crippen LogP contribution in [0.1, 0.15) is 25.0 Å². The summed E-state index contributed by atoms with van der Waals surface area (Å²) in [6.07, 6.45) is 0. The molecular weight excluding hydrogens is 579 g/mol. The fourth-order valence-corrected chi connectivity index (χ4v) is 8.91. The van der Waals surface area contributed by atoms with Gasteiger partial charge in [0, 0.05) is 58.8 Å². The maximum atomic E-state index is 6.81. The molecule has 0 atom stereocenters. The fraction of sp³-hybridized carbons (Fsp3) is 0.0698. The molecule has 7 aromatic carbocycles. The molecule has 2 aromatic heterocycles. The molecule has 46 heavy (non-hydrogen) atoms. The highest BCUT2D eigenvalue weighted by Gasteiger charge is 2.35. The number of furan rings is 1. The van der Waals surface area contributed by atoms with Crippen LogP contribution in [0.2, 0.25) is 0 Å². The summed E-state index contributed by atoms with van der Waals surface area (Å²) in [6.45, 7) is 4.67. The Balaban J connectivity index is 1.22. The average Bonchev–Trinajstić information content (AvgIpc) is 3.73. The van der Waals surface area contributed by atoms with E-state index in [1.54, 1.807) is 0 Å². The second-order valence-electron chi connectivity index (χ2n) is 12.9. The standard InChI is InChI=1S/C43H29NOS/c1-43(2)36-15-9-8-14-31(36)34-24-28(17-21-37(34)43)44(27-11-4-3-5-12-27)29-18-22-38-35(25-29)40-39(46-38)23-20-33-32-19-16-26-10-6-7-13-30(26)41(32)45-42(33)40/h3-25H,1-2H3. The van der Waals surface area contributed by atoms with Crippen LogP contribution in [0.15, 0.2) is 144 Å². The number of anilines is 3. The summed E-state index contributed by atoms with van der Waals surface area (Å²) in [7, 11) is 0. The lowest BCUT2D eigenvalue weighted by atomic mass is 9.82. The van der Waals surface area contributed by atoms with Gasteiger partial charge in [0.25, 0.3) is 0 Å². The Morgan fingerprint density at radius 1 is 0.500 bits per heavy atom. The molecule has 9 aromatic rings. The van der Waals surface area contributed by atoms with Crippen molar-refractivity contribution in [1.82, 2.24) is 0 Å². The van der Waals surface area contributed by atoms with Crippen LogP contribution < -0.4 is 4.90 Å². The maximum absolute atomic E-state index is 6.81. The zero-order valence-corrected chi connectivity index (χ0v) is 26.4. The average molecular weight is 608 g/mol. The molecule has 0 spiro atoms. The Kier molecular flexibility index (Phi) is 5.25. The summed E-state index contributed by atoms with van der Waals surface area (Å²) >= 11 is 1.83. The summed E-state index contributed by atoms with van der Waals surface area (Å²) in [5.41, 5.74) is 10.7. The first kappa shape index (κ1) is 25.9. The van der Waals surface area contributed by atoms with Gasteiger partial charge in [-0.15, -0.1) is 11.3 Å². The van der Waals surface area contributed by atoms with Crippen LogP contribution in [0.25, 0.3) is 64.0 Å². The molecule has 0 fully saturated rings. The van der Waals surface area contributed by atoms with Gasteiger partial charge in [-0.2, -0.15) is 0 Å². The van der Waals surface area contributed by atoms with Crippen molar-refractivity contribution in [3.8, 4) is 11.1 Å². The molecule has 0 saturated carbocycles. The Bertz CT molecular complexity index is 2680. The molecule has 0 N–H and O–H groups in total. The van der Waals surface area contributed by atoms with Crippen molar-refractivity contribution in [2.75, 3.05) is 4.90 Å². The van der Waals surface area contributed by atoms with Crippen molar-refractivity contribution in [2.45, 2.75) is 19.3 Å². The Morgan fingerprint density at radius 2 is 1.20 bits per heavy atom. The van der Waals surface area contributed by atoms with E-state index in [0.717, 1.165) is 39.0 Å². The first-order chi connectivity index (χ1) is 22.6. The lowest BCUT2D eigenvalue weighted by Crippen LogP contribution is -2.15. The van der Waals surface area contributed by atoms with Gasteiger partial charge in [0.2, 0.25) is 0 Å². The molecule has 1 aliphatic carbocycles. The van der Waals surface area contributed by atoms with Crippen LogP contribution in [0.3, 0.4) is 0 Å². The lowest BCUT2D eigenvalue weighted by molar-refractivity contribution is 0.660. The van der Waals surface area contributed by atoms with Gasteiger partial charge < -0.3 is 9.32 Å². The molecule has 0 radical (unpaired) electrons. The van der Waals surface area contributed by atoms with E-state index in [9.17, 15) is 0 Å². The smallest absolute Gasteiger partial charge is 0.144 e. The second kappa shape index (κ2) is 9.32. The molecule has 2 heterocycles. The summed E-state index contributed by atoms with van der Waals surface area (Å²) in [6, 6.07) is 50.9. The molecule has 218 valence electrons. The predicted molar refractivity (Wildman–Crippen MR) is 196 cm³/mol. The minimum Gasteiger partial charge on any atom is -0.455 e. The number of fused-ring (bicyclic) bond motifs is 12. The SMILES string of the molecule is CC1(C)c2ccccc2-c2cc(N(c3ccccc3)c3ccc4sc5ccc6c7ccc8ccccc8c7oc6c5c4c3)ccc21. The number of benzene rings is 7. The van der Waals surface area contributed by atoms with Gasteiger partial charge in [0.1, 0.15) is 11.2 Å². The molecule has 0 saturated heterocycles. The number of nitrogens with zero attached hydrogens (tertiary/aromatic N) is 1. The summed E-state index contributed by atoms with van der Waals surface area (Å²) in [5.74, 6) is 0. The van der Waals surface area contributed by atoms with Gasteiger partial charge in [-0.25, -0.2) is 0 Å². The molecular formula is C43H29NOS. The molecule has 10 rings (SSSR count). The molecule has 0 unspecified atom stereocenters. The number of rotatable bonds is 3. The highest BCUT2D eigenvalue weighted by atomic mass is 32.1. The van der Waals surface area contributed by atoms with Crippen molar-refractivity contribution in [2.24, 2.45) is 0 Å². The molecule has 2 nitrogen and oxygen atoms in total. The van der Waals surface area contributed by atoms with E-state index in [2.05, 4.69) is 158 Å². The van der Waals surface area contributed by atoms with Crippen molar-refractivity contribution in [1.29, 1.82) is 0 Å². The number of hydrogen-bond acceptors (Lipinski definition) is 3. The van der Waals surface area contributed by atoms with E-state index in [-0.39, 0.29) is 5.41 Å². The van der Waals surface area contributed by atoms with Crippen molar-refractivity contribution in [3.63, 3.8) is 0 Å². The Labute approximate surface area is 270 Å². The van der Waals surface area contributed by atoms with E-state index in [1.807, 2.05) is 11.3 Å². The molecule has 0 aliphatic heterocycles. The minimum atomic E-state index is -0.0280. The highest BCUT2D eigenvalue weighted by Crippen LogP contribution is 2.51. The van der Waals surface area contributed by atoms with Crippen LogP contribution in [0.4, 0.5) is 17.1 Å². The number of hydrogen-bond donors (Lipinski definition) is 0. The normalized spacial score (nSPS) is 13.6. The monoisotopic (exact) mass is 607 g/mol. The second-order valence-corrected chi connectivity index (χ2v) is 14.0. The van der Waals surface area contributed by atoms with Crippen LogP contribution in [0, 0.1) is 0 Å². The van der Waals surface area contributed by atoms with Gasteiger partial charge >= 0.3 is 0 Å². The van der Waals surface area contributed by atoms with Gasteiger partial charge in [-0.3, -0.25) is 0 Å². The molecule has 1 aliphatic rings. The van der Waals surface area contributed by atoms with Crippen molar-refractivity contribution in [3.05, 3.63) is 151 Å². The number of thiophene rings is 1. The van der Waals surface area contributed by atoms with Crippen LogP contribution in [0.5, 0.6) is 0 Å². The Morgan fingerprint density at radius 3 is 2.11 bits per heavy atom. The third-order valence-electron chi connectivity index (χ3n) is 10.0. The summed E-state index contributed by atoms with van der Waals surface area (Å²) in [5, 5.41) is 7.09. The molecule has 0 amide bonds. The van der Waals surface area contributed by atoms with Crippen molar-refractivity contribution >= 4 is 81.3 Å².